The highest BCUT2D eigenvalue weighted by atomic mass is 31.2. The van der Waals surface area contributed by atoms with Crippen molar-refractivity contribution in [1.29, 1.82) is 0 Å². The van der Waals surface area contributed by atoms with Crippen LogP contribution in [0.15, 0.2) is 42.5 Å². The largest absolute Gasteiger partial charge is 0.524 e. The van der Waals surface area contributed by atoms with E-state index in [1.165, 1.54) is 12.1 Å². The van der Waals surface area contributed by atoms with Crippen LogP contribution in [-0.4, -0.2) is 20.0 Å². The van der Waals surface area contributed by atoms with Crippen LogP contribution in [0.3, 0.4) is 0 Å². The van der Waals surface area contributed by atoms with Crippen molar-refractivity contribution in [1.82, 2.24) is 0 Å². The molecule has 0 heterocycles. The molecule has 22 heavy (non-hydrogen) atoms. The molecule has 2 aromatic carbocycles. The Hall–Kier alpha value is -2.01. The molecular formula is C15H17O6P. The van der Waals surface area contributed by atoms with Crippen LogP contribution in [0.2, 0.25) is 0 Å². The number of rotatable bonds is 6. The summed E-state index contributed by atoms with van der Waals surface area (Å²) in [6.45, 7) is 0. The molecule has 0 unspecified atom stereocenters. The summed E-state index contributed by atoms with van der Waals surface area (Å²) in [6, 6.07) is 11.1. The maximum Gasteiger partial charge on any atom is 0.524 e. The summed E-state index contributed by atoms with van der Waals surface area (Å²) < 4.78 is 15.6. The molecule has 7 heteroatoms. The molecule has 4 N–H and O–H groups in total. The Balaban J connectivity index is 2.02. The number of benzene rings is 2. The smallest absolute Gasteiger partial charge is 0.508 e. The zero-order chi connectivity index (χ0) is 16.2. The topological polar surface area (TPSA) is 107 Å². The van der Waals surface area contributed by atoms with Crippen molar-refractivity contribution in [2.45, 2.75) is 19.3 Å². The van der Waals surface area contributed by atoms with Crippen LogP contribution in [-0.2, 0) is 17.4 Å². The molecule has 0 atom stereocenters. The van der Waals surface area contributed by atoms with Gasteiger partial charge in [-0.15, -0.1) is 0 Å². The van der Waals surface area contributed by atoms with E-state index < -0.39 is 7.82 Å². The summed E-state index contributed by atoms with van der Waals surface area (Å²) in [6.07, 6.45) is 2.01. The second kappa shape index (κ2) is 6.83. The molecule has 0 fully saturated rings. The Bertz CT molecular complexity index is 677. The second-order valence-corrected chi connectivity index (χ2v) is 6.06. The predicted octanol–water partition coefficient (Wildman–Crippen LogP) is 2.74. The Morgan fingerprint density at radius 1 is 0.909 bits per heavy atom. The van der Waals surface area contributed by atoms with E-state index in [0.717, 1.165) is 18.4 Å². The van der Waals surface area contributed by atoms with Gasteiger partial charge in [0.05, 0.1) is 0 Å². The summed E-state index contributed by atoms with van der Waals surface area (Å²) in [5.74, 6) is 0.0735. The molecule has 0 amide bonds. The van der Waals surface area contributed by atoms with Crippen molar-refractivity contribution in [3.8, 4) is 17.2 Å². The van der Waals surface area contributed by atoms with Crippen LogP contribution in [0.25, 0.3) is 0 Å². The molecule has 2 rings (SSSR count). The van der Waals surface area contributed by atoms with E-state index >= 15 is 0 Å². The maximum absolute atomic E-state index is 11.0. The van der Waals surface area contributed by atoms with Crippen molar-refractivity contribution in [3.63, 3.8) is 0 Å². The lowest BCUT2D eigenvalue weighted by Crippen LogP contribution is -1.97. The molecule has 2 aromatic rings. The van der Waals surface area contributed by atoms with Gasteiger partial charge in [-0.3, -0.25) is 9.79 Å². The van der Waals surface area contributed by atoms with Crippen LogP contribution >= 0.6 is 7.82 Å². The number of hydrogen-bond donors (Lipinski definition) is 4. The molecule has 0 saturated carbocycles. The standard InChI is InChI=1S/C15H17O6P/c16-13-7-4-11(5-8-13)2-1-3-12-6-9-14(17)10-15(12)21-22(18,19)20/h4-10,16-17H,1-3H2,(H2,18,19,20). The minimum atomic E-state index is -4.67. The van der Waals surface area contributed by atoms with Gasteiger partial charge < -0.3 is 14.7 Å². The van der Waals surface area contributed by atoms with Crippen molar-refractivity contribution in [2.24, 2.45) is 0 Å². The lowest BCUT2D eigenvalue weighted by molar-refractivity contribution is 0.282. The molecule has 0 bridgehead atoms. The van der Waals surface area contributed by atoms with Crippen molar-refractivity contribution in [2.75, 3.05) is 0 Å². The number of hydrogen-bond acceptors (Lipinski definition) is 4. The van der Waals surface area contributed by atoms with Crippen LogP contribution in [0.5, 0.6) is 17.2 Å². The van der Waals surface area contributed by atoms with Gasteiger partial charge in [0.1, 0.15) is 17.2 Å². The number of phosphoric acid groups is 1. The van der Waals surface area contributed by atoms with E-state index in [0.29, 0.717) is 12.0 Å². The van der Waals surface area contributed by atoms with Gasteiger partial charge in [-0.25, -0.2) is 4.57 Å². The van der Waals surface area contributed by atoms with E-state index in [9.17, 15) is 14.8 Å². The first-order chi connectivity index (χ1) is 10.3. The highest BCUT2D eigenvalue weighted by molar-refractivity contribution is 7.46. The predicted molar refractivity (Wildman–Crippen MR) is 80.9 cm³/mol. The number of aryl methyl sites for hydroxylation is 2. The molecule has 0 aliphatic carbocycles. The van der Waals surface area contributed by atoms with Crippen LogP contribution in [0.4, 0.5) is 0 Å². The number of phenols is 2. The minimum Gasteiger partial charge on any atom is -0.508 e. The van der Waals surface area contributed by atoms with Crippen LogP contribution in [0.1, 0.15) is 17.5 Å². The number of phosphoric ester groups is 1. The van der Waals surface area contributed by atoms with E-state index in [-0.39, 0.29) is 17.2 Å². The average Bonchev–Trinajstić information content (AvgIpc) is 2.41. The molecular weight excluding hydrogens is 307 g/mol. The molecule has 0 aliphatic heterocycles. The molecule has 0 radical (unpaired) electrons. The van der Waals surface area contributed by atoms with Gasteiger partial charge in [0.2, 0.25) is 0 Å². The molecule has 0 aromatic heterocycles. The van der Waals surface area contributed by atoms with E-state index in [1.807, 2.05) is 12.1 Å². The lowest BCUT2D eigenvalue weighted by atomic mass is 10.0. The van der Waals surface area contributed by atoms with E-state index in [4.69, 9.17) is 9.79 Å². The summed E-state index contributed by atoms with van der Waals surface area (Å²) in [4.78, 5) is 17.8. The Labute approximate surface area is 127 Å². The third kappa shape index (κ3) is 5.07. The van der Waals surface area contributed by atoms with Crippen molar-refractivity contribution >= 4 is 7.82 Å². The fourth-order valence-electron chi connectivity index (χ4n) is 2.11. The van der Waals surface area contributed by atoms with Gasteiger partial charge in [-0.05, 0) is 48.6 Å². The van der Waals surface area contributed by atoms with Crippen molar-refractivity contribution in [3.05, 3.63) is 53.6 Å². The highest BCUT2D eigenvalue weighted by Gasteiger charge is 2.18. The van der Waals surface area contributed by atoms with Crippen LogP contribution < -0.4 is 4.52 Å². The lowest BCUT2D eigenvalue weighted by Gasteiger charge is -2.12. The summed E-state index contributed by atoms with van der Waals surface area (Å²) in [5.41, 5.74) is 1.66. The minimum absolute atomic E-state index is 0.0148. The zero-order valence-electron chi connectivity index (χ0n) is 11.7. The SMILES string of the molecule is O=P(O)(O)Oc1cc(O)ccc1CCCc1ccc(O)cc1. The summed E-state index contributed by atoms with van der Waals surface area (Å²) in [5, 5.41) is 18.6. The van der Waals surface area contributed by atoms with Gasteiger partial charge in [0.15, 0.2) is 0 Å². The van der Waals surface area contributed by atoms with E-state index in [2.05, 4.69) is 4.52 Å². The molecule has 6 nitrogen and oxygen atoms in total. The Kier molecular flexibility index (Phi) is 5.08. The number of aromatic hydroxyl groups is 2. The Morgan fingerprint density at radius 3 is 2.18 bits per heavy atom. The van der Waals surface area contributed by atoms with Crippen LogP contribution in [0, 0.1) is 0 Å². The second-order valence-electron chi connectivity index (χ2n) is 4.89. The number of phenolic OH excluding ortho intramolecular Hbond substituents is 2. The fraction of sp³-hybridized carbons (Fsp3) is 0.200. The van der Waals surface area contributed by atoms with Gasteiger partial charge in [0, 0.05) is 6.07 Å². The molecule has 0 spiro atoms. The Morgan fingerprint density at radius 2 is 1.55 bits per heavy atom. The quantitative estimate of drug-likeness (QED) is 0.609. The van der Waals surface area contributed by atoms with Gasteiger partial charge in [-0.1, -0.05) is 18.2 Å². The summed E-state index contributed by atoms with van der Waals surface area (Å²) >= 11 is 0. The average molecular weight is 324 g/mol. The van der Waals surface area contributed by atoms with Crippen molar-refractivity contribution < 1.29 is 29.1 Å². The third-order valence-corrected chi connectivity index (χ3v) is 3.55. The first kappa shape index (κ1) is 16.4. The monoisotopic (exact) mass is 324 g/mol. The first-order valence-electron chi connectivity index (χ1n) is 6.68. The normalized spacial score (nSPS) is 11.4. The summed E-state index contributed by atoms with van der Waals surface area (Å²) in [7, 11) is -4.67. The van der Waals surface area contributed by atoms with E-state index in [1.54, 1.807) is 18.2 Å². The van der Waals surface area contributed by atoms with Gasteiger partial charge in [0.25, 0.3) is 0 Å². The molecule has 118 valence electrons. The maximum atomic E-state index is 11.0. The first-order valence-corrected chi connectivity index (χ1v) is 8.21. The molecule has 0 saturated heterocycles. The third-order valence-electron chi connectivity index (χ3n) is 3.12. The van der Waals surface area contributed by atoms with Gasteiger partial charge >= 0.3 is 7.82 Å². The highest BCUT2D eigenvalue weighted by Crippen LogP contribution is 2.40. The van der Waals surface area contributed by atoms with Gasteiger partial charge in [-0.2, -0.15) is 0 Å². The zero-order valence-corrected chi connectivity index (χ0v) is 12.6. The molecule has 0 aliphatic rings. The fourth-order valence-corrected chi connectivity index (χ4v) is 2.53.